The van der Waals surface area contributed by atoms with E-state index >= 15 is 0 Å². The summed E-state index contributed by atoms with van der Waals surface area (Å²) in [5.74, 6) is -0.221. The Kier molecular flexibility index (Phi) is 7.61. The van der Waals surface area contributed by atoms with Crippen LogP contribution in [-0.4, -0.2) is 28.4 Å². The van der Waals surface area contributed by atoms with E-state index in [-0.39, 0.29) is 17.1 Å². The number of esters is 1. The highest BCUT2D eigenvalue weighted by molar-refractivity contribution is 6.13. The van der Waals surface area contributed by atoms with Crippen LogP contribution in [0.25, 0.3) is 0 Å². The number of hydrogen-bond donors (Lipinski definition) is 1. The zero-order valence-electron chi connectivity index (χ0n) is 21.0. The van der Waals surface area contributed by atoms with E-state index in [0.29, 0.717) is 6.42 Å². The van der Waals surface area contributed by atoms with E-state index in [2.05, 4.69) is 20.8 Å². The van der Waals surface area contributed by atoms with Crippen LogP contribution < -0.4 is 0 Å². The van der Waals surface area contributed by atoms with Crippen molar-refractivity contribution < 1.29 is 14.6 Å². The van der Waals surface area contributed by atoms with Gasteiger partial charge >= 0.3 is 5.97 Å². The van der Waals surface area contributed by atoms with Crippen molar-refractivity contribution in [3.63, 3.8) is 0 Å². The fourth-order valence-electron chi connectivity index (χ4n) is 3.90. The van der Waals surface area contributed by atoms with Crippen LogP contribution in [0.5, 0.6) is 5.75 Å². The maximum Gasteiger partial charge on any atom is 0.331 e. The molecule has 4 heteroatoms. The summed E-state index contributed by atoms with van der Waals surface area (Å²) in [6, 6.07) is 24.3. The monoisotopic (exact) mass is 457 g/mol. The van der Waals surface area contributed by atoms with E-state index in [4.69, 9.17) is 9.73 Å². The number of aromatic hydroxyl groups is 1. The molecular weight excluding hydrogens is 422 g/mol. The Labute approximate surface area is 203 Å². The summed E-state index contributed by atoms with van der Waals surface area (Å²) in [6.45, 7) is 11.9. The van der Waals surface area contributed by atoms with Gasteiger partial charge in [0.2, 0.25) is 0 Å². The molecule has 0 aliphatic rings. The molecule has 1 atom stereocenters. The molecule has 34 heavy (non-hydrogen) atoms. The van der Waals surface area contributed by atoms with Gasteiger partial charge in [0, 0.05) is 17.5 Å². The van der Waals surface area contributed by atoms with Crippen LogP contribution in [0.4, 0.5) is 0 Å². The van der Waals surface area contributed by atoms with Crippen LogP contribution in [0.15, 0.2) is 83.9 Å². The molecular formula is C30H35NO3. The number of benzene rings is 3. The zero-order valence-corrected chi connectivity index (χ0v) is 21.0. The van der Waals surface area contributed by atoms with Crippen molar-refractivity contribution in [2.75, 3.05) is 0 Å². The average molecular weight is 458 g/mol. The fraction of sp³-hybridized carbons (Fsp3) is 0.333. The molecule has 0 spiro atoms. The second kappa shape index (κ2) is 10.3. The molecule has 178 valence electrons. The molecule has 0 bridgehead atoms. The van der Waals surface area contributed by atoms with Crippen LogP contribution in [0.2, 0.25) is 0 Å². The Hall–Kier alpha value is -3.40. The van der Waals surface area contributed by atoms with E-state index in [1.807, 2.05) is 87.5 Å². The Morgan fingerprint density at radius 1 is 0.853 bits per heavy atom. The van der Waals surface area contributed by atoms with Gasteiger partial charge in [-0.15, -0.1) is 0 Å². The van der Waals surface area contributed by atoms with E-state index in [1.54, 1.807) is 12.1 Å². The Morgan fingerprint density at radius 2 is 1.38 bits per heavy atom. The van der Waals surface area contributed by atoms with Crippen molar-refractivity contribution in [3.05, 3.63) is 101 Å². The third kappa shape index (κ3) is 6.80. The van der Waals surface area contributed by atoms with Crippen LogP contribution in [0.3, 0.4) is 0 Å². The van der Waals surface area contributed by atoms with Gasteiger partial charge < -0.3 is 9.84 Å². The van der Waals surface area contributed by atoms with Crippen molar-refractivity contribution in [2.45, 2.75) is 65.0 Å². The van der Waals surface area contributed by atoms with Gasteiger partial charge in [0.05, 0.1) is 5.71 Å². The summed E-state index contributed by atoms with van der Waals surface area (Å²) in [4.78, 5) is 18.4. The summed E-state index contributed by atoms with van der Waals surface area (Å²) in [5, 5.41) is 10.2. The molecule has 0 saturated carbocycles. The third-order valence-electron chi connectivity index (χ3n) is 5.37. The van der Waals surface area contributed by atoms with Crippen molar-refractivity contribution in [2.24, 2.45) is 4.99 Å². The second-order valence-electron chi connectivity index (χ2n) is 10.6. The van der Waals surface area contributed by atoms with Gasteiger partial charge in [0.1, 0.15) is 11.4 Å². The lowest BCUT2D eigenvalue weighted by Gasteiger charge is -2.26. The number of nitrogens with zero attached hydrogens (tertiary/aromatic N) is 1. The number of ether oxygens (including phenoxy) is 1. The topological polar surface area (TPSA) is 58.9 Å². The average Bonchev–Trinajstić information content (AvgIpc) is 2.75. The maximum absolute atomic E-state index is 13.4. The van der Waals surface area contributed by atoms with E-state index in [0.717, 1.165) is 28.0 Å². The minimum atomic E-state index is -0.780. The summed E-state index contributed by atoms with van der Waals surface area (Å²) in [6.07, 6.45) is 0.319. The fourth-order valence-corrected chi connectivity index (χ4v) is 3.90. The van der Waals surface area contributed by atoms with Crippen LogP contribution >= 0.6 is 0 Å². The van der Waals surface area contributed by atoms with Gasteiger partial charge in [0.15, 0.2) is 6.04 Å². The third-order valence-corrected chi connectivity index (χ3v) is 5.37. The molecule has 3 aromatic rings. The standard InChI is InChI=1S/C30H35NO3/c1-29(2,3)25-18-17-24(32)19-23(25)20-26(28(33)34-30(4,5)6)31-27(21-13-9-7-10-14-21)22-15-11-8-12-16-22/h7-19,26,32H,20H2,1-6H3/t26-/m0/s1. The SMILES string of the molecule is CC(C)(C)OC(=O)[C@H](Cc1cc(O)ccc1C(C)(C)C)N=C(c1ccccc1)c1ccccc1. The van der Waals surface area contributed by atoms with Crippen LogP contribution in [0.1, 0.15) is 63.8 Å². The molecule has 0 unspecified atom stereocenters. The predicted molar refractivity (Wildman–Crippen MR) is 139 cm³/mol. The first kappa shape index (κ1) is 25.2. The number of rotatable bonds is 6. The lowest BCUT2D eigenvalue weighted by molar-refractivity contribution is -0.156. The lowest BCUT2D eigenvalue weighted by Crippen LogP contribution is -2.33. The molecule has 0 amide bonds. The molecule has 3 aromatic carbocycles. The first-order valence-corrected chi connectivity index (χ1v) is 11.7. The number of phenols is 1. The lowest BCUT2D eigenvalue weighted by atomic mass is 9.82. The van der Waals surface area contributed by atoms with Crippen LogP contribution in [-0.2, 0) is 21.4 Å². The van der Waals surface area contributed by atoms with Crippen molar-refractivity contribution >= 4 is 11.7 Å². The molecule has 0 saturated heterocycles. The summed E-state index contributed by atoms with van der Waals surface area (Å²) in [5.41, 5.74) is 3.73. The normalized spacial score (nSPS) is 12.6. The molecule has 0 fully saturated rings. The largest absolute Gasteiger partial charge is 0.508 e. The van der Waals surface area contributed by atoms with Crippen molar-refractivity contribution in [1.82, 2.24) is 0 Å². The molecule has 0 aliphatic carbocycles. The van der Waals surface area contributed by atoms with Gasteiger partial charge in [0.25, 0.3) is 0 Å². The molecule has 0 aliphatic heterocycles. The number of carbonyl (C=O) groups excluding carboxylic acids is 1. The van der Waals surface area contributed by atoms with Crippen molar-refractivity contribution in [1.29, 1.82) is 0 Å². The van der Waals surface area contributed by atoms with Gasteiger partial charge in [-0.25, -0.2) is 4.79 Å². The zero-order chi connectivity index (χ0) is 24.9. The minimum Gasteiger partial charge on any atom is -0.508 e. The van der Waals surface area contributed by atoms with Crippen LogP contribution in [0, 0.1) is 0 Å². The van der Waals surface area contributed by atoms with E-state index < -0.39 is 11.6 Å². The van der Waals surface area contributed by atoms with Crippen molar-refractivity contribution in [3.8, 4) is 5.75 Å². The number of hydrogen-bond acceptors (Lipinski definition) is 4. The second-order valence-corrected chi connectivity index (χ2v) is 10.6. The maximum atomic E-state index is 13.4. The van der Waals surface area contributed by atoms with E-state index in [1.165, 1.54) is 0 Å². The number of carbonyl (C=O) groups is 1. The summed E-state index contributed by atoms with van der Waals surface area (Å²) < 4.78 is 5.79. The first-order chi connectivity index (χ1) is 15.9. The highest BCUT2D eigenvalue weighted by Crippen LogP contribution is 2.30. The molecule has 0 aromatic heterocycles. The molecule has 0 radical (unpaired) electrons. The van der Waals surface area contributed by atoms with Gasteiger partial charge in [-0.1, -0.05) is 87.5 Å². The Bertz CT molecular complexity index is 1100. The Balaban J connectivity index is 2.15. The first-order valence-electron chi connectivity index (χ1n) is 11.7. The highest BCUT2D eigenvalue weighted by atomic mass is 16.6. The molecule has 3 rings (SSSR count). The molecule has 1 N–H and O–H groups in total. The molecule has 4 nitrogen and oxygen atoms in total. The van der Waals surface area contributed by atoms with Gasteiger partial charge in [-0.2, -0.15) is 0 Å². The highest BCUT2D eigenvalue weighted by Gasteiger charge is 2.29. The summed E-state index contributed by atoms with van der Waals surface area (Å²) >= 11 is 0. The number of phenolic OH excluding ortho intramolecular Hbond substituents is 1. The van der Waals surface area contributed by atoms with E-state index in [9.17, 15) is 9.90 Å². The summed E-state index contributed by atoms with van der Waals surface area (Å²) in [7, 11) is 0. The van der Waals surface area contributed by atoms with Gasteiger partial charge in [-0.3, -0.25) is 4.99 Å². The molecule has 0 heterocycles. The van der Waals surface area contributed by atoms with Gasteiger partial charge in [-0.05, 0) is 49.4 Å². The predicted octanol–water partition coefficient (Wildman–Crippen LogP) is 6.48. The Morgan fingerprint density at radius 3 is 1.85 bits per heavy atom. The quantitative estimate of drug-likeness (QED) is 0.340. The number of aliphatic imine (C=N–C) groups is 1. The smallest absolute Gasteiger partial charge is 0.331 e. The minimum absolute atomic E-state index is 0.160.